The topological polar surface area (TPSA) is 50.6 Å². The van der Waals surface area contributed by atoms with Crippen LogP contribution in [0.2, 0.25) is 0 Å². The lowest BCUT2D eigenvalue weighted by molar-refractivity contribution is 0.0433. The van der Waals surface area contributed by atoms with Gasteiger partial charge < -0.3 is 9.64 Å². The van der Waals surface area contributed by atoms with Crippen LogP contribution in [0.5, 0.6) is 0 Å². The zero-order chi connectivity index (χ0) is 19.7. The van der Waals surface area contributed by atoms with Crippen molar-refractivity contribution < 1.29 is 9.53 Å². The molecule has 0 bridgehead atoms. The number of carbonyl (C=O) groups is 1. The Bertz CT molecular complexity index is 835. The van der Waals surface area contributed by atoms with E-state index in [0.29, 0.717) is 6.10 Å². The fourth-order valence-corrected chi connectivity index (χ4v) is 4.26. The summed E-state index contributed by atoms with van der Waals surface area (Å²) in [5.74, 6) is 0.109. The first kappa shape index (κ1) is 19.6. The van der Waals surface area contributed by atoms with Gasteiger partial charge in [-0.2, -0.15) is 5.10 Å². The van der Waals surface area contributed by atoms with E-state index in [1.54, 1.807) is 0 Å². The Morgan fingerprint density at radius 3 is 2.46 bits per heavy atom. The summed E-state index contributed by atoms with van der Waals surface area (Å²) in [4.78, 5) is 17.3. The van der Waals surface area contributed by atoms with E-state index >= 15 is 0 Å². The lowest BCUT2D eigenvalue weighted by Gasteiger charge is -2.35. The van der Waals surface area contributed by atoms with Crippen molar-refractivity contribution in [2.24, 2.45) is 0 Å². The lowest BCUT2D eigenvalue weighted by Crippen LogP contribution is -2.50. The number of ether oxygens (including phenoxy) is 1. The maximum atomic E-state index is 12.9. The van der Waals surface area contributed by atoms with Gasteiger partial charge >= 0.3 is 0 Å². The largest absolute Gasteiger partial charge is 0.377 e. The van der Waals surface area contributed by atoms with Gasteiger partial charge in [-0.25, -0.2) is 4.68 Å². The minimum Gasteiger partial charge on any atom is -0.377 e. The van der Waals surface area contributed by atoms with Crippen LogP contribution in [0.25, 0.3) is 5.69 Å². The predicted molar refractivity (Wildman–Crippen MR) is 112 cm³/mol. The summed E-state index contributed by atoms with van der Waals surface area (Å²) < 4.78 is 8.65. The highest BCUT2D eigenvalue weighted by molar-refractivity contribution is 9.10. The molecule has 0 N–H and O–H groups in total. The van der Waals surface area contributed by atoms with Crippen molar-refractivity contribution in [3.8, 4) is 5.69 Å². The highest BCUT2D eigenvalue weighted by Crippen LogP contribution is 2.23. The molecule has 2 aromatic rings. The molecule has 2 aliphatic heterocycles. The van der Waals surface area contributed by atoms with Gasteiger partial charge in [-0.05, 0) is 66.9 Å². The van der Waals surface area contributed by atoms with Crippen LogP contribution in [0.3, 0.4) is 0 Å². The highest BCUT2D eigenvalue weighted by atomic mass is 79.9. The summed E-state index contributed by atoms with van der Waals surface area (Å²) in [6.45, 7) is 9.29. The molecule has 1 aromatic carbocycles. The van der Waals surface area contributed by atoms with Gasteiger partial charge in [0.25, 0.3) is 5.91 Å². The van der Waals surface area contributed by atoms with E-state index in [-0.39, 0.29) is 5.91 Å². The van der Waals surface area contributed by atoms with Crippen molar-refractivity contribution in [2.75, 3.05) is 39.3 Å². The van der Waals surface area contributed by atoms with Gasteiger partial charge in [0, 0.05) is 44.9 Å². The van der Waals surface area contributed by atoms with Crippen LogP contribution in [-0.2, 0) is 4.74 Å². The van der Waals surface area contributed by atoms with E-state index < -0.39 is 0 Å². The number of halogens is 1. The molecule has 0 saturated carbocycles. The molecule has 1 aromatic heterocycles. The van der Waals surface area contributed by atoms with Crippen LogP contribution in [-0.4, -0.2) is 70.9 Å². The average Bonchev–Trinajstić information content (AvgIpc) is 3.32. The molecule has 1 amide bonds. The SMILES string of the molecule is Cc1nn(-c2ccc(C(=O)N3CCN(CC4CCCO4)CC3)cc2)c(C)c1Br. The van der Waals surface area contributed by atoms with Crippen LogP contribution >= 0.6 is 15.9 Å². The summed E-state index contributed by atoms with van der Waals surface area (Å²) in [5.41, 5.74) is 3.71. The van der Waals surface area contributed by atoms with Gasteiger partial charge in [-0.1, -0.05) is 0 Å². The third-order valence-electron chi connectivity index (χ3n) is 5.71. The third kappa shape index (κ3) is 4.02. The number of hydrogen-bond donors (Lipinski definition) is 0. The summed E-state index contributed by atoms with van der Waals surface area (Å²) in [5, 5.41) is 4.55. The van der Waals surface area contributed by atoms with Crippen molar-refractivity contribution in [1.29, 1.82) is 0 Å². The van der Waals surface area contributed by atoms with Crippen molar-refractivity contribution in [2.45, 2.75) is 32.8 Å². The fraction of sp³-hybridized carbons (Fsp3) is 0.524. The first-order valence-electron chi connectivity index (χ1n) is 9.98. The molecular formula is C21H27BrN4O2. The molecule has 6 nitrogen and oxygen atoms in total. The van der Waals surface area contributed by atoms with E-state index in [1.807, 2.05) is 47.7 Å². The Hall–Kier alpha value is -1.70. The van der Waals surface area contributed by atoms with Crippen LogP contribution in [0, 0.1) is 13.8 Å². The number of hydrogen-bond acceptors (Lipinski definition) is 4. The van der Waals surface area contributed by atoms with Gasteiger partial charge in [0.05, 0.1) is 27.7 Å². The standard InChI is InChI=1S/C21H27BrN4O2/c1-15-20(22)16(2)26(23-15)18-7-5-17(6-8-18)21(27)25-11-9-24(10-12-25)14-19-4-3-13-28-19/h5-8,19H,3-4,9-14H2,1-2H3. The maximum Gasteiger partial charge on any atom is 0.253 e. The van der Waals surface area contributed by atoms with E-state index in [4.69, 9.17) is 4.74 Å². The molecule has 2 saturated heterocycles. The molecular weight excluding hydrogens is 420 g/mol. The van der Waals surface area contributed by atoms with Crippen molar-refractivity contribution >= 4 is 21.8 Å². The molecule has 1 unspecified atom stereocenters. The number of amides is 1. The van der Waals surface area contributed by atoms with E-state index in [2.05, 4.69) is 25.9 Å². The van der Waals surface area contributed by atoms with E-state index in [1.165, 1.54) is 6.42 Å². The first-order valence-corrected chi connectivity index (χ1v) is 10.8. The van der Waals surface area contributed by atoms with Crippen LogP contribution in [0.4, 0.5) is 0 Å². The summed E-state index contributed by atoms with van der Waals surface area (Å²) in [6.07, 6.45) is 2.72. The minimum atomic E-state index is 0.109. The van der Waals surface area contributed by atoms with E-state index in [0.717, 1.165) is 72.9 Å². The quantitative estimate of drug-likeness (QED) is 0.723. The molecule has 2 fully saturated rings. The second-order valence-electron chi connectivity index (χ2n) is 7.67. The molecule has 150 valence electrons. The van der Waals surface area contributed by atoms with Gasteiger partial charge in [-0.3, -0.25) is 9.69 Å². The van der Waals surface area contributed by atoms with Gasteiger partial charge in [-0.15, -0.1) is 0 Å². The van der Waals surface area contributed by atoms with Gasteiger partial charge in [0.15, 0.2) is 0 Å². The van der Waals surface area contributed by atoms with Crippen molar-refractivity contribution in [3.05, 3.63) is 45.7 Å². The number of rotatable bonds is 4. The van der Waals surface area contributed by atoms with Gasteiger partial charge in [0.1, 0.15) is 0 Å². The number of nitrogens with zero attached hydrogens (tertiary/aromatic N) is 4. The minimum absolute atomic E-state index is 0.109. The highest BCUT2D eigenvalue weighted by Gasteiger charge is 2.25. The Morgan fingerprint density at radius 1 is 1.18 bits per heavy atom. The molecule has 4 rings (SSSR count). The first-order chi connectivity index (χ1) is 13.5. The second-order valence-corrected chi connectivity index (χ2v) is 8.46. The molecule has 2 aliphatic rings. The number of piperazine rings is 1. The Labute approximate surface area is 174 Å². The summed E-state index contributed by atoms with van der Waals surface area (Å²) in [6, 6.07) is 7.74. The van der Waals surface area contributed by atoms with Crippen molar-refractivity contribution in [3.63, 3.8) is 0 Å². The normalized spacial score (nSPS) is 20.7. The third-order valence-corrected chi connectivity index (χ3v) is 6.85. The Balaban J connectivity index is 1.37. The second kappa shape index (κ2) is 8.35. The predicted octanol–water partition coefficient (Wildman–Crippen LogP) is 3.19. The molecule has 3 heterocycles. The Kier molecular flexibility index (Phi) is 5.85. The van der Waals surface area contributed by atoms with Crippen molar-refractivity contribution in [1.82, 2.24) is 19.6 Å². The van der Waals surface area contributed by atoms with Crippen LogP contribution in [0.15, 0.2) is 28.7 Å². The fourth-order valence-electron chi connectivity index (χ4n) is 4.01. The molecule has 7 heteroatoms. The molecule has 0 aliphatic carbocycles. The van der Waals surface area contributed by atoms with Gasteiger partial charge in [0.2, 0.25) is 0 Å². The smallest absolute Gasteiger partial charge is 0.253 e. The van der Waals surface area contributed by atoms with Crippen LogP contribution < -0.4 is 0 Å². The molecule has 28 heavy (non-hydrogen) atoms. The molecule has 0 radical (unpaired) electrons. The summed E-state index contributed by atoms with van der Waals surface area (Å²) >= 11 is 3.56. The average molecular weight is 447 g/mol. The summed E-state index contributed by atoms with van der Waals surface area (Å²) in [7, 11) is 0. The number of benzene rings is 1. The van der Waals surface area contributed by atoms with Crippen LogP contribution in [0.1, 0.15) is 34.6 Å². The monoisotopic (exact) mass is 446 g/mol. The number of aryl methyl sites for hydroxylation is 1. The molecule has 1 atom stereocenters. The molecule has 0 spiro atoms. The number of carbonyl (C=O) groups excluding carboxylic acids is 1. The van der Waals surface area contributed by atoms with E-state index in [9.17, 15) is 4.79 Å². The maximum absolute atomic E-state index is 12.9. The number of aromatic nitrogens is 2. The lowest BCUT2D eigenvalue weighted by atomic mass is 10.1. The zero-order valence-electron chi connectivity index (χ0n) is 16.5. The Morgan fingerprint density at radius 2 is 1.89 bits per heavy atom. The zero-order valence-corrected chi connectivity index (χ0v) is 18.1.